The van der Waals surface area contributed by atoms with Gasteiger partial charge < -0.3 is 15.2 Å². The minimum atomic E-state index is 0.248. The van der Waals surface area contributed by atoms with Crippen molar-refractivity contribution in [1.82, 2.24) is 5.32 Å². The maximum absolute atomic E-state index is 10.2. The molecule has 1 heterocycles. The van der Waals surface area contributed by atoms with E-state index in [1.807, 2.05) is 13.0 Å². The average Bonchev–Trinajstić information content (AvgIpc) is 2.38. The Kier molecular flexibility index (Phi) is 4.36. The van der Waals surface area contributed by atoms with E-state index in [9.17, 15) is 5.11 Å². The summed E-state index contributed by atoms with van der Waals surface area (Å²) in [5.74, 6) is 1.37. The molecule has 0 amide bonds. The molecule has 18 heavy (non-hydrogen) atoms. The number of methoxy groups -OCH3 is 1. The Labute approximate surface area is 113 Å². The second kappa shape index (κ2) is 5.81. The lowest BCUT2D eigenvalue weighted by atomic mass is 9.90. The fourth-order valence-electron chi connectivity index (χ4n) is 2.56. The molecule has 0 saturated carbocycles. The number of phenolic OH excluding ortho intramolecular Hbond substituents is 1. The SMILES string of the molecule is COc1c(C)c(Cl)cc(CC2CCNCC2)c1O. The highest BCUT2D eigenvalue weighted by Crippen LogP contribution is 2.39. The normalized spacial score (nSPS) is 16.8. The Balaban J connectivity index is 2.24. The molecule has 2 rings (SSSR count). The van der Waals surface area contributed by atoms with E-state index in [1.54, 1.807) is 7.11 Å². The highest BCUT2D eigenvalue weighted by molar-refractivity contribution is 6.31. The van der Waals surface area contributed by atoms with Gasteiger partial charge in [-0.3, -0.25) is 0 Å². The summed E-state index contributed by atoms with van der Waals surface area (Å²) in [5, 5.41) is 14.2. The van der Waals surface area contributed by atoms with Crippen molar-refractivity contribution in [3.63, 3.8) is 0 Å². The number of hydrogen-bond acceptors (Lipinski definition) is 3. The summed E-state index contributed by atoms with van der Waals surface area (Å²) in [6, 6.07) is 1.87. The Morgan fingerprint density at radius 1 is 1.44 bits per heavy atom. The lowest BCUT2D eigenvalue weighted by molar-refractivity contribution is 0.351. The molecule has 1 aromatic carbocycles. The molecule has 0 atom stereocenters. The van der Waals surface area contributed by atoms with Gasteiger partial charge in [0.2, 0.25) is 0 Å². The highest BCUT2D eigenvalue weighted by atomic mass is 35.5. The molecular weight excluding hydrogens is 250 g/mol. The molecule has 1 aliphatic rings. The van der Waals surface area contributed by atoms with E-state index in [0.717, 1.165) is 43.5 Å². The zero-order valence-electron chi connectivity index (χ0n) is 10.9. The summed E-state index contributed by atoms with van der Waals surface area (Å²) in [6.07, 6.45) is 3.16. The summed E-state index contributed by atoms with van der Waals surface area (Å²) in [5.41, 5.74) is 1.69. The van der Waals surface area contributed by atoms with Crippen LogP contribution < -0.4 is 10.1 Å². The smallest absolute Gasteiger partial charge is 0.165 e. The number of aromatic hydroxyl groups is 1. The van der Waals surface area contributed by atoms with Crippen LogP contribution in [0, 0.1) is 12.8 Å². The molecule has 0 bridgehead atoms. The Hall–Kier alpha value is -0.930. The topological polar surface area (TPSA) is 41.5 Å². The lowest BCUT2D eigenvalue weighted by Crippen LogP contribution is -2.28. The van der Waals surface area contributed by atoms with Gasteiger partial charge in [-0.25, -0.2) is 0 Å². The fraction of sp³-hybridized carbons (Fsp3) is 0.571. The summed E-state index contributed by atoms with van der Waals surface area (Å²) in [6.45, 7) is 3.97. The van der Waals surface area contributed by atoms with Gasteiger partial charge in [-0.1, -0.05) is 11.6 Å². The van der Waals surface area contributed by atoms with Crippen LogP contribution in [0.25, 0.3) is 0 Å². The van der Waals surface area contributed by atoms with E-state index in [1.165, 1.54) is 0 Å². The first-order chi connectivity index (χ1) is 8.63. The number of hydrogen-bond donors (Lipinski definition) is 2. The van der Waals surface area contributed by atoms with Crippen molar-refractivity contribution in [1.29, 1.82) is 0 Å². The van der Waals surface area contributed by atoms with Gasteiger partial charge in [-0.05, 0) is 56.8 Å². The van der Waals surface area contributed by atoms with Crippen molar-refractivity contribution >= 4 is 11.6 Å². The molecule has 0 spiro atoms. The van der Waals surface area contributed by atoms with Gasteiger partial charge in [0.25, 0.3) is 0 Å². The predicted octanol–water partition coefficient (Wildman–Crippen LogP) is 2.90. The third kappa shape index (κ3) is 2.73. The van der Waals surface area contributed by atoms with Crippen molar-refractivity contribution in [3.8, 4) is 11.5 Å². The minimum Gasteiger partial charge on any atom is -0.504 e. The molecule has 0 aromatic heterocycles. The zero-order chi connectivity index (χ0) is 13.1. The number of phenols is 1. The molecule has 1 fully saturated rings. The fourth-order valence-corrected chi connectivity index (χ4v) is 2.78. The van der Waals surface area contributed by atoms with E-state index in [2.05, 4.69) is 5.32 Å². The third-order valence-electron chi connectivity index (χ3n) is 3.69. The van der Waals surface area contributed by atoms with Crippen molar-refractivity contribution in [3.05, 3.63) is 22.2 Å². The third-order valence-corrected chi connectivity index (χ3v) is 4.08. The Morgan fingerprint density at radius 2 is 2.11 bits per heavy atom. The molecular formula is C14H20ClNO2. The predicted molar refractivity (Wildman–Crippen MR) is 73.7 cm³/mol. The van der Waals surface area contributed by atoms with Crippen LogP contribution in [0.5, 0.6) is 11.5 Å². The summed E-state index contributed by atoms with van der Waals surface area (Å²) >= 11 is 6.18. The van der Waals surface area contributed by atoms with E-state index in [-0.39, 0.29) is 5.75 Å². The van der Waals surface area contributed by atoms with Crippen LogP contribution in [0.4, 0.5) is 0 Å². The molecule has 1 aliphatic heterocycles. The van der Waals surface area contributed by atoms with E-state index in [0.29, 0.717) is 16.7 Å². The van der Waals surface area contributed by atoms with E-state index >= 15 is 0 Å². The average molecular weight is 270 g/mol. The number of rotatable bonds is 3. The monoisotopic (exact) mass is 269 g/mol. The molecule has 2 N–H and O–H groups in total. The lowest BCUT2D eigenvalue weighted by Gasteiger charge is -2.23. The van der Waals surface area contributed by atoms with Crippen molar-refractivity contribution in [2.75, 3.05) is 20.2 Å². The van der Waals surface area contributed by atoms with Gasteiger partial charge in [0, 0.05) is 10.6 Å². The van der Waals surface area contributed by atoms with Crippen LogP contribution in [0.15, 0.2) is 6.07 Å². The highest BCUT2D eigenvalue weighted by Gasteiger charge is 2.19. The first kappa shape index (κ1) is 13.5. The Morgan fingerprint density at radius 3 is 2.72 bits per heavy atom. The second-order valence-electron chi connectivity index (χ2n) is 4.92. The molecule has 4 heteroatoms. The van der Waals surface area contributed by atoms with Gasteiger partial charge >= 0.3 is 0 Å². The van der Waals surface area contributed by atoms with Gasteiger partial charge in [0.15, 0.2) is 11.5 Å². The van der Waals surface area contributed by atoms with Crippen LogP contribution in [-0.2, 0) is 6.42 Å². The second-order valence-corrected chi connectivity index (χ2v) is 5.33. The summed E-state index contributed by atoms with van der Waals surface area (Å²) < 4.78 is 5.24. The van der Waals surface area contributed by atoms with Crippen LogP contribution in [0.1, 0.15) is 24.0 Å². The molecule has 0 unspecified atom stereocenters. The molecule has 1 aromatic rings. The number of halogens is 1. The van der Waals surface area contributed by atoms with Crippen molar-refractivity contribution in [2.24, 2.45) is 5.92 Å². The zero-order valence-corrected chi connectivity index (χ0v) is 11.7. The first-order valence-corrected chi connectivity index (χ1v) is 6.77. The molecule has 1 saturated heterocycles. The van der Waals surface area contributed by atoms with Crippen molar-refractivity contribution in [2.45, 2.75) is 26.2 Å². The summed E-state index contributed by atoms with van der Waals surface area (Å²) in [4.78, 5) is 0. The standard InChI is InChI=1S/C14H20ClNO2/c1-9-12(15)8-11(13(17)14(9)18-2)7-10-3-5-16-6-4-10/h8,10,16-17H,3-7H2,1-2H3. The van der Waals surface area contributed by atoms with Gasteiger partial charge in [0.05, 0.1) is 7.11 Å². The number of benzene rings is 1. The quantitative estimate of drug-likeness (QED) is 0.887. The van der Waals surface area contributed by atoms with Crippen LogP contribution >= 0.6 is 11.6 Å². The van der Waals surface area contributed by atoms with E-state index < -0.39 is 0 Å². The van der Waals surface area contributed by atoms with E-state index in [4.69, 9.17) is 16.3 Å². The maximum atomic E-state index is 10.2. The largest absolute Gasteiger partial charge is 0.504 e. The van der Waals surface area contributed by atoms with Gasteiger partial charge in [0.1, 0.15) is 0 Å². The van der Waals surface area contributed by atoms with Crippen molar-refractivity contribution < 1.29 is 9.84 Å². The molecule has 0 aliphatic carbocycles. The van der Waals surface area contributed by atoms with Gasteiger partial charge in [-0.15, -0.1) is 0 Å². The van der Waals surface area contributed by atoms with Crippen LogP contribution in [0.3, 0.4) is 0 Å². The molecule has 3 nitrogen and oxygen atoms in total. The molecule has 100 valence electrons. The Bertz CT molecular complexity index is 428. The molecule has 0 radical (unpaired) electrons. The van der Waals surface area contributed by atoms with Gasteiger partial charge in [-0.2, -0.15) is 0 Å². The first-order valence-electron chi connectivity index (χ1n) is 6.39. The number of ether oxygens (including phenoxy) is 1. The van der Waals surface area contributed by atoms with Crippen LogP contribution in [0.2, 0.25) is 5.02 Å². The van der Waals surface area contributed by atoms with Crippen LogP contribution in [-0.4, -0.2) is 25.3 Å². The maximum Gasteiger partial charge on any atom is 0.165 e. The minimum absolute atomic E-state index is 0.248. The number of nitrogens with one attached hydrogen (secondary N) is 1. The number of piperidine rings is 1. The summed E-state index contributed by atoms with van der Waals surface area (Å²) in [7, 11) is 1.56.